The molecule has 2 aliphatic rings. The number of ether oxygens (including phenoxy) is 3. The van der Waals surface area contributed by atoms with Crippen LogP contribution in [0.15, 0.2) is 14.4 Å². The lowest BCUT2D eigenvalue weighted by Gasteiger charge is -2.12. The van der Waals surface area contributed by atoms with Crippen molar-refractivity contribution in [3.63, 3.8) is 0 Å². The fraction of sp³-hybridized carbons (Fsp3) is 0.750. The van der Waals surface area contributed by atoms with Crippen molar-refractivity contribution in [2.75, 3.05) is 26.9 Å². The first-order chi connectivity index (χ1) is 10.1. The SMILES string of the molecule is COCCn1c(=O)n(CC2CO2)c(=O)n(CC2CO2)c1=O. The lowest BCUT2D eigenvalue weighted by molar-refractivity contribution is 0.181. The van der Waals surface area contributed by atoms with E-state index >= 15 is 0 Å². The topological polar surface area (TPSA) is 100 Å². The Morgan fingerprint density at radius 1 is 0.952 bits per heavy atom. The van der Waals surface area contributed by atoms with Crippen LogP contribution in [0.2, 0.25) is 0 Å². The van der Waals surface area contributed by atoms with E-state index in [0.29, 0.717) is 13.2 Å². The van der Waals surface area contributed by atoms with Crippen LogP contribution >= 0.6 is 0 Å². The van der Waals surface area contributed by atoms with Crippen molar-refractivity contribution in [1.29, 1.82) is 0 Å². The molecule has 0 aromatic carbocycles. The lowest BCUT2D eigenvalue weighted by atomic mass is 10.4. The molecule has 0 bridgehead atoms. The molecule has 1 aromatic rings. The minimum Gasteiger partial charge on any atom is -0.383 e. The summed E-state index contributed by atoms with van der Waals surface area (Å²) in [6.07, 6.45) is -0.260. The molecule has 3 rings (SSSR count). The molecule has 9 nitrogen and oxygen atoms in total. The van der Waals surface area contributed by atoms with E-state index in [9.17, 15) is 14.4 Å². The molecule has 2 atom stereocenters. The van der Waals surface area contributed by atoms with Gasteiger partial charge in [0.1, 0.15) is 0 Å². The third-order valence-electron chi connectivity index (χ3n) is 3.48. The Bertz CT molecular complexity index is 642. The van der Waals surface area contributed by atoms with Crippen molar-refractivity contribution < 1.29 is 14.2 Å². The number of epoxide rings is 2. The van der Waals surface area contributed by atoms with Crippen molar-refractivity contribution in [3.8, 4) is 0 Å². The first-order valence-corrected chi connectivity index (χ1v) is 6.78. The van der Waals surface area contributed by atoms with Crippen molar-refractivity contribution in [1.82, 2.24) is 13.7 Å². The molecule has 3 heterocycles. The van der Waals surface area contributed by atoms with Gasteiger partial charge in [0.05, 0.1) is 51.7 Å². The van der Waals surface area contributed by atoms with Crippen LogP contribution in [0, 0.1) is 0 Å². The summed E-state index contributed by atoms with van der Waals surface area (Å²) < 4.78 is 18.2. The quantitative estimate of drug-likeness (QED) is 0.521. The maximum atomic E-state index is 12.3. The zero-order chi connectivity index (χ0) is 15.0. The molecule has 2 unspecified atom stereocenters. The van der Waals surface area contributed by atoms with Gasteiger partial charge in [-0.1, -0.05) is 0 Å². The number of nitrogens with zero attached hydrogens (tertiary/aromatic N) is 3. The van der Waals surface area contributed by atoms with Crippen molar-refractivity contribution in [3.05, 3.63) is 31.5 Å². The number of hydrogen-bond acceptors (Lipinski definition) is 6. The molecule has 2 aliphatic heterocycles. The number of methoxy groups -OCH3 is 1. The van der Waals surface area contributed by atoms with E-state index in [1.807, 2.05) is 0 Å². The Kier molecular flexibility index (Phi) is 3.79. The Hall–Kier alpha value is -1.71. The molecule has 2 fully saturated rings. The summed E-state index contributed by atoms with van der Waals surface area (Å²) in [5, 5.41) is 0. The van der Waals surface area contributed by atoms with Crippen LogP contribution in [0.4, 0.5) is 0 Å². The minimum atomic E-state index is -0.620. The molecule has 1 aromatic heterocycles. The first kappa shape index (κ1) is 14.2. The van der Waals surface area contributed by atoms with Gasteiger partial charge < -0.3 is 14.2 Å². The summed E-state index contributed by atoms with van der Waals surface area (Å²) in [6, 6.07) is 0. The van der Waals surface area contributed by atoms with Crippen LogP contribution in [0.1, 0.15) is 0 Å². The number of aromatic nitrogens is 3. The van der Waals surface area contributed by atoms with Gasteiger partial charge >= 0.3 is 17.1 Å². The van der Waals surface area contributed by atoms with Crippen molar-refractivity contribution in [2.45, 2.75) is 31.8 Å². The predicted octanol–water partition coefficient (Wildman–Crippen LogP) is -2.38. The Balaban J connectivity index is 2.06. The van der Waals surface area contributed by atoms with Gasteiger partial charge in [0.25, 0.3) is 0 Å². The number of rotatable bonds is 7. The zero-order valence-corrected chi connectivity index (χ0v) is 11.7. The van der Waals surface area contributed by atoms with Gasteiger partial charge in [0.15, 0.2) is 0 Å². The van der Waals surface area contributed by atoms with Gasteiger partial charge in [0.2, 0.25) is 0 Å². The van der Waals surface area contributed by atoms with E-state index in [1.54, 1.807) is 0 Å². The van der Waals surface area contributed by atoms with Crippen LogP contribution in [-0.4, -0.2) is 52.8 Å². The molecule has 0 saturated carbocycles. The van der Waals surface area contributed by atoms with E-state index < -0.39 is 17.1 Å². The fourth-order valence-corrected chi connectivity index (χ4v) is 2.12. The lowest BCUT2D eigenvalue weighted by Crippen LogP contribution is -2.55. The monoisotopic (exact) mass is 299 g/mol. The van der Waals surface area contributed by atoms with Crippen LogP contribution in [0.5, 0.6) is 0 Å². The van der Waals surface area contributed by atoms with Crippen LogP contribution in [0.25, 0.3) is 0 Å². The van der Waals surface area contributed by atoms with Gasteiger partial charge in [-0.2, -0.15) is 0 Å². The standard InChI is InChI=1S/C12H17N3O6/c1-19-3-2-13-10(16)14(4-8-6-20-8)12(18)15(11(13)17)5-9-7-21-9/h8-9H,2-7H2,1H3. The Morgan fingerprint density at radius 3 is 1.76 bits per heavy atom. The molecule has 21 heavy (non-hydrogen) atoms. The average molecular weight is 299 g/mol. The molecule has 116 valence electrons. The second-order valence-corrected chi connectivity index (χ2v) is 5.12. The second kappa shape index (κ2) is 5.58. The average Bonchev–Trinajstić information content (AvgIpc) is 3.35. The third-order valence-corrected chi connectivity index (χ3v) is 3.48. The fourth-order valence-electron chi connectivity index (χ4n) is 2.12. The van der Waals surface area contributed by atoms with Gasteiger partial charge in [0, 0.05) is 7.11 Å². The highest BCUT2D eigenvalue weighted by Crippen LogP contribution is 2.10. The maximum Gasteiger partial charge on any atom is 0.336 e. The summed E-state index contributed by atoms with van der Waals surface area (Å²) in [7, 11) is 1.48. The van der Waals surface area contributed by atoms with Gasteiger partial charge in [-0.25, -0.2) is 28.1 Å². The Morgan fingerprint density at radius 2 is 1.38 bits per heavy atom. The summed E-state index contributed by atoms with van der Waals surface area (Å²) in [5.41, 5.74) is -1.85. The van der Waals surface area contributed by atoms with Gasteiger partial charge in [-0.15, -0.1) is 0 Å². The van der Waals surface area contributed by atoms with E-state index in [0.717, 1.165) is 13.7 Å². The highest BCUT2D eigenvalue weighted by atomic mass is 16.6. The van der Waals surface area contributed by atoms with E-state index in [4.69, 9.17) is 14.2 Å². The second-order valence-electron chi connectivity index (χ2n) is 5.12. The van der Waals surface area contributed by atoms with Crippen LogP contribution in [0.3, 0.4) is 0 Å². The largest absolute Gasteiger partial charge is 0.383 e. The summed E-state index contributed by atoms with van der Waals surface area (Å²) in [6.45, 7) is 1.69. The van der Waals surface area contributed by atoms with E-state index in [-0.39, 0.29) is 38.4 Å². The molecule has 9 heteroatoms. The van der Waals surface area contributed by atoms with Crippen molar-refractivity contribution in [2.24, 2.45) is 0 Å². The molecule has 2 saturated heterocycles. The number of hydrogen-bond donors (Lipinski definition) is 0. The normalized spacial score (nSPS) is 23.3. The summed E-state index contributed by atoms with van der Waals surface area (Å²) >= 11 is 0. The molecular weight excluding hydrogens is 282 g/mol. The zero-order valence-electron chi connectivity index (χ0n) is 11.7. The summed E-state index contributed by atoms with van der Waals surface area (Å²) in [5.74, 6) is 0. The van der Waals surface area contributed by atoms with Crippen LogP contribution < -0.4 is 17.1 Å². The first-order valence-electron chi connectivity index (χ1n) is 6.78. The highest BCUT2D eigenvalue weighted by Gasteiger charge is 2.29. The molecule has 0 spiro atoms. The molecular formula is C12H17N3O6. The van der Waals surface area contributed by atoms with Gasteiger partial charge in [-0.05, 0) is 0 Å². The highest BCUT2D eigenvalue weighted by molar-refractivity contribution is 4.84. The van der Waals surface area contributed by atoms with Crippen molar-refractivity contribution >= 4 is 0 Å². The molecule has 0 N–H and O–H groups in total. The Labute approximate surface area is 119 Å². The summed E-state index contributed by atoms with van der Waals surface area (Å²) in [4.78, 5) is 36.9. The smallest absolute Gasteiger partial charge is 0.336 e. The van der Waals surface area contributed by atoms with E-state index in [2.05, 4.69) is 0 Å². The van der Waals surface area contributed by atoms with Gasteiger partial charge in [-0.3, -0.25) is 0 Å². The molecule has 0 amide bonds. The maximum absolute atomic E-state index is 12.3. The molecule has 0 radical (unpaired) electrons. The van der Waals surface area contributed by atoms with E-state index in [1.165, 1.54) is 7.11 Å². The predicted molar refractivity (Wildman–Crippen MR) is 70.6 cm³/mol. The minimum absolute atomic E-state index is 0.103. The third kappa shape index (κ3) is 2.99. The molecule has 0 aliphatic carbocycles. The van der Waals surface area contributed by atoms with Crippen LogP contribution in [-0.2, 0) is 33.8 Å².